The highest BCUT2D eigenvalue weighted by Crippen LogP contribution is 2.38. The van der Waals surface area contributed by atoms with Crippen molar-refractivity contribution >= 4 is 19.8 Å². The van der Waals surface area contributed by atoms with Gasteiger partial charge < -0.3 is 33.6 Å². The molecule has 0 bridgehead atoms. The van der Waals surface area contributed by atoms with Crippen LogP contribution in [0, 0.1) is 0 Å². The molecule has 0 fully saturated rings. The van der Waals surface area contributed by atoms with Gasteiger partial charge in [0.2, 0.25) is 0 Å². The smallest absolute Gasteiger partial charge is 0.306 e. The summed E-state index contributed by atoms with van der Waals surface area (Å²) in [5, 5.41) is 18.2. The van der Waals surface area contributed by atoms with Gasteiger partial charge >= 0.3 is 11.9 Å². The van der Waals surface area contributed by atoms with Gasteiger partial charge in [-0.1, -0.05) is 142 Å². The van der Waals surface area contributed by atoms with Crippen LogP contribution in [0.2, 0.25) is 0 Å². The molecule has 0 aliphatic rings. The van der Waals surface area contributed by atoms with Crippen LogP contribution >= 0.6 is 7.82 Å². The summed E-state index contributed by atoms with van der Waals surface area (Å²) in [6.07, 6.45) is 23.4. The zero-order valence-corrected chi connectivity index (χ0v) is 29.5. The second-order valence-electron chi connectivity index (χ2n) is 12.2. The maximum absolute atomic E-state index is 12.5. The Morgan fingerprint density at radius 1 is 0.600 bits per heavy atom. The fourth-order valence-corrected chi connectivity index (χ4v) is 5.71. The summed E-state index contributed by atoms with van der Waals surface area (Å²) in [6.45, 7) is 2.17. The molecule has 0 amide bonds. The number of phosphoric ester groups is 1. The van der Waals surface area contributed by atoms with Crippen molar-refractivity contribution < 1.29 is 47.8 Å². The lowest BCUT2D eigenvalue weighted by Crippen LogP contribution is -2.30. The molecule has 2 N–H and O–H groups in total. The van der Waals surface area contributed by atoms with Crippen molar-refractivity contribution in [2.24, 2.45) is 0 Å². The van der Waals surface area contributed by atoms with Gasteiger partial charge in [0.25, 0.3) is 7.82 Å². The third-order valence-corrected chi connectivity index (χ3v) is 8.68. The Morgan fingerprint density at radius 3 is 1.40 bits per heavy atom. The van der Waals surface area contributed by atoms with Crippen molar-refractivity contribution in [1.82, 2.24) is 0 Å². The molecule has 0 saturated heterocycles. The number of esters is 2. The fourth-order valence-electron chi connectivity index (χ4n) is 4.93. The van der Waals surface area contributed by atoms with Crippen LogP contribution in [0.25, 0.3) is 0 Å². The van der Waals surface area contributed by atoms with Gasteiger partial charge in [0.05, 0.1) is 19.8 Å². The number of phosphoric acid groups is 1. The van der Waals surface area contributed by atoms with Crippen molar-refractivity contribution in [2.75, 3.05) is 26.4 Å². The van der Waals surface area contributed by atoms with Crippen LogP contribution in [0.5, 0.6) is 0 Å². The molecule has 268 valence electrons. The molecule has 11 heteroatoms. The molecule has 3 atom stereocenters. The molecule has 0 aliphatic heterocycles. The largest absolute Gasteiger partial charge is 0.756 e. The lowest BCUT2D eigenvalue weighted by atomic mass is 10.1. The van der Waals surface area contributed by atoms with Crippen molar-refractivity contribution in [3.8, 4) is 0 Å². The second-order valence-corrected chi connectivity index (χ2v) is 13.7. The van der Waals surface area contributed by atoms with Crippen LogP contribution in [-0.4, -0.2) is 60.8 Å². The van der Waals surface area contributed by atoms with E-state index in [-0.39, 0.29) is 19.4 Å². The summed E-state index contributed by atoms with van der Waals surface area (Å²) < 4.78 is 32.1. The molecule has 45 heavy (non-hydrogen) atoms. The van der Waals surface area contributed by atoms with E-state index in [0.29, 0.717) is 12.8 Å². The molecule has 0 aromatic rings. The Morgan fingerprint density at radius 2 is 0.978 bits per heavy atom. The van der Waals surface area contributed by atoms with E-state index in [1.807, 2.05) is 0 Å². The average molecular weight is 666 g/mol. The normalized spacial score (nSPS) is 14.2. The maximum Gasteiger partial charge on any atom is 0.306 e. The first-order valence-corrected chi connectivity index (χ1v) is 19.4. The Bertz CT molecular complexity index is 736. The van der Waals surface area contributed by atoms with Gasteiger partial charge in [-0.05, 0) is 12.8 Å². The van der Waals surface area contributed by atoms with E-state index < -0.39 is 51.8 Å². The lowest BCUT2D eigenvalue weighted by molar-refractivity contribution is -0.230. The number of aliphatic hydroxyl groups is 2. The first-order chi connectivity index (χ1) is 21.7. The van der Waals surface area contributed by atoms with Gasteiger partial charge in [-0.3, -0.25) is 14.2 Å². The Kier molecular flexibility index (Phi) is 30.8. The van der Waals surface area contributed by atoms with E-state index in [1.165, 1.54) is 89.9 Å². The Labute approximate surface area is 273 Å². The topological polar surface area (TPSA) is 152 Å². The van der Waals surface area contributed by atoms with Crippen LogP contribution in [0.15, 0.2) is 0 Å². The molecule has 0 spiro atoms. The van der Waals surface area contributed by atoms with Crippen molar-refractivity contribution in [3.63, 3.8) is 0 Å². The molecular formula is C34H66O10P-. The molecule has 0 saturated carbocycles. The average Bonchev–Trinajstić information content (AvgIpc) is 3.02. The van der Waals surface area contributed by atoms with Crippen molar-refractivity contribution in [1.29, 1.82) is 0 Å². The minimum atomic E-state index is -4.85. The molecular weight excluding hydrogens is 599 g/mol. The SMILES string of the molecule is CCCCCCCCCCCCCC(=O)OCC(COP(=O)([O-])OCC(O)CO)OC(=O)CCCCCCCCCCCCC. The highest BCUT2D eigenvalue weighted by molar-refractivity contribution is 7.45. The zero-order valence-electron chi connectivity index (χ0n) is 28.6. The van der Waals surface area contributed by atoms with E-state index in [9.17, 15) is 24.2 Å². The van der Waals surface area contributed by atoms with E-state index in [0.717, 1.165) is 38.5 Å². The molecule has 0 aromatic heterocycles. The van der Waals surface area contributed by atoms with Crippen LogP contribution in [-0.2, 0) is 32.7 Å². The predicted octanol–water partition coefficient (Wildman–Crippen LogP) is 7.70. The molecule has 10 nitrogen and oxygen atoms in total. The molecule has 3 unspecified atom stereocenters. The summed E-state index contributed by atoms with van der Waals surface area (Å²) in [7, 11) is -4.85. The third kappa shape index (κ3) is 31.3. The van der Waals surface area contributed by atoms with E-state index in [1.54, 1.807) is 0 Å². The van der Waals surface area contributed by atoms with E-state index >= 15 is 0 Å². The zero-order chi connectivity index (χ0) is 33.4. The fraction of sp³-hybridized carbons (Fsp3) is 0.941. The molecule has 0 aliphatic carbocycles. The van der Waals surface area contributed by atoms with Crippen LogP contribution in [0.3, 0.4) is 0 Å². The van der Waals surface area contributed by atoms with Gasteiger partial charge in [0.1, 0.15) is 12.7 Å². The number of unbranched alkanes of at least 4 members (excludes halogenated alkanes) is 20. The van der Waals surface area contributed by atoms with Gasteiger partial charge in [-0.25, -0.2) is 0 Å². The molecule has 0 heterocycles. The van der Waals surface area contributed by atoms with Gasteiger partial charge in [-0.2, -0.15) is 0 Å². The quantitative estimate of drug-likeness (QED) is 0.0397. The Balaban J connectivity index is 4.39. The number of ether oxygens (including phenoxy) is 2. The van der Waals surface area contributed by atoms with E-state index in [4.69, 9.17) is 19.1 Å². The summed E-state index contributed by atoms with van der Waals surface area (Å²) in [6, 6.07) is 0. The van der Waals surface area contributed by atoms with Gasteiger partial charge in [0, 0.05) is 12.8 Å². The molecule has 0 radical (unpaired) electrons. The van der Waals surface area contributed by atoms with Crippen molar-refractivity contribution in [2.45, 2.75) is 180 Å². The highest BCUT2D eigenvalue weighted by atomic mass is 31.2. The highest BCUT2D eigenvalue weighted by Gasteiger charge is 2.21. The summed E-state index contributed by atoms with van der Waals surface area (Å²) in [5.74, 6) is -0.955. The molecule has 0 rings (SSSR count). The minimum absolute atomic E-state index is 0.175. The monoisotopic (exact) mass is 665 g/mol. The first-order valence-electron chi connectivity index (χ1n) is 18.0. The summed E-state index contributed by atoms with van der Waals surface area (Å²) >= 11 is 0. The van der Waals surface area contributed by atoms with Crippen molar-refractivity contribution in [3.05, 3.63) is 0 Å². The third-order valence-electron chi connectivity index (χ3n) is 7.75. The summed E-state index contributed by atoms with van der Waals surface area (Å²) in [5.41, 5.74) is 0. The summed E-state index contributed by atoms with van der Waals surface area (Å²) in [4.78, 5) is 36.8. The minimum Gasteiger partial charge on any atom is -0.756 e. The van der Waals surface area contributed by atoms with Gasteiger partial charge in [-0.15, -0.1) is 0 Å². The first kappa shape index (κ1) is 44.0. The van der Waals surface area contributed by atoms with Gasteiger partial charge in [0.15, 0.2) is 6.10 Å². The predicted molar refractivity (Wildman–Crippen MR) is 176 cm³/mol. The number of hydrogen-bond acceptors (Lipinski definition) is 10. The standard InChI is InChI=1S/C34H67O10P/c1-3-5-7-9-11-13-15-17-19-21-23-25-33(37)41-29-32(30-43-45(39,40)42-28-31(36)27-35)44-34(38)26-24-22-20-18-16-14-12-10-8-6-4-2/h31-32,35-36H,3-30H2,1-2H3,(H,39,40)/p-1. The number of carbonyl (C=O) groups excluding carboxylic acids is 2. The lowest BCUT2D eigenvalue weighted by Gasteiger charge is -2.26. The number of aliphatic hydroxyl groups excluding tert-OH is 2. The Hall–Kier alpha value is -1.03. The van der Waals surface area contributed by atoms with E-state index in [2.05, 4.69) is 18.4 Å². The number of carbonyl (C=O) groups is 2. The second kappa shape index (κ2) is 31.6. The maximum atomic E-state index is 12.5. The number of rotatable bonds is 34. The number of hydrogen-bond donors (Lipinski definition) is 2. The van der Waals surface area contributed by atoms with Crippen LogP contribution in [0.1, 0.15) is 168 Å². The molecule has 0 aromatic carbocycles. The van der Waals surface area contributed by atoms with Crippen LogP contribution < -0.4 is 4.89 Å². The van der Waals surface area contributed by atoms with Crippen LogP contribution in [0.4, 0.5) is 0 Å².